The first-order valence-corrected chi connectivity index (χ1v) is 12.2. The van der Waals surface area contributed by atoms with Crippen molar-refractivity contribution >= 4 is 21.6 Å². The molecule has 1 amide bonds. The minimum absolute atomic E-state index is 0.0237. The van der Waals surface area contributed by atoms with Gasteiger partial charge in [-0.05, 0) is 59.9 Å². The van der Waals surface area contributed by atoms with Crippen molar-refractivity contribution in [3.63, 3.8) is 0 Å². The van der Waals surface area contributed by atoms with Gasteiger partial charge in [0.05, 0.1) is 16.6 Å². The topological polar surface area (TPSA) is 66.5 Å². The summed E-state index contributed by atoms with van der Waals surface area (Å²) in [7, 11) is -4.08. The van der Waals surface area contributed by atoms with Crippen molar-refractivity contribution < 1.29 is 17.6 Å². The van der Waals surface area contributed by atoms with Crippen molar-refractivity contribution in [2.75, 3.05) is 10.8 Å². The molecule has 5 nitrogen and oxygen atoms in total. The lowest BCUT2D eigenvalue weighted by Gasteiger charge is -2.25. The van der Waals surface area contributed by atoms with Crippen molar-refractivity contribution in [1.82, 2.24) is 5.32 Å². The Morgan fingerprint density at radius 1 is 0.939 bits per heavy atom. The molecule has 0 aliphatic heterocycles. The first kappa shape index (κ1) is 24.5. The summed E-state index contributed by atoms with van der Waals surface area (Å²) in [6.45, 7) is 7.84. The fourth-order valence-electron chi connectivity index (χ4n) is 3.42. The Balaban J connectivity index is 1.81. The van der Waals surface area contributed by atoms with Gasteiger partial charge in [0.15, 0.2) is 0 Å². The summed E-state index contributed by atoms with van der Waals surface area (Å²) in [5.74, 6) is -0.985. The van der Waals surface area contributed by atoms with E-state index in [1.807, 2.05) is 31.2 Å². The molecule has 0 aliphatic rings. The molecule has 0 spiro atoms. The molecule has 3 rings (SSSR count). The third-order valence-electron chi connectivity index (χ3n) is 5.39. The normalized spacial score (nSPS) is 12.8. The molecule has 0 aromatic heterocycles. The van der Waals surface area contributed by atoms with E-state index in [9.17, 15) is 17.6 Å². The molecule has 1 atom stereocenters. The lowest BCUT2D eigenvalue weighted by atomic mass is 9.86. The third-order valence-corrected chi connectivity index (χ3v) is 7.18. The van der Waals surface area contributed by atoms with Gasteiger partial charge in [-0.25, -0.2) is 12.8 Å². The van der Waals surface area contributed by atoms with E-state index in [4.69, 9.17) is 0 Å². The van der Waals surface area contributed by atoms with Crippen LogP contribution < -0.4 is 9.62 Å². The van der Waals surface area contributed by atoms with Gasteiger partial charge in [-0.15, -0.1) is 0 Å². The molecule has 3 aromatic carbocycles. The highest BCUT2D eigenvalue weighted by Crippen LogP contribution is 2.25. The van der Waals surface area contributed by atoms with Crippen molar-refractivity contribution in [1.29, 1.82) is 0 Å². The van der Waals surface area contributed by atoms with Crippen LogP contribution in [0.15, 0.2) is 83.8 Å². The summed E-state index contributed by atoms with van der Waals surface area (Å²) in [4.78, 5) is 12.8. The van der Waals surface area contributed by atoms with E-state index in [1.54, 1.807) is 30.3 Å². The SMILES string of the molecule is CC(NC(=O)CN(c1ccccc1)S(=O)(=O)c1ccc(F)cc1)c1ccc(C(C)(C)C)cc1. The summed E-state index contributed by atoms with van der Waals surface area (Å²) in [6, 6.07) is 20.6. The average molecular weight is 469 g/mol. The zero-order valence-electron chi connectivity index (χ0n) is 19.2. The number of hydrogen-bond donors (Lipinski definition) is 1. The third kappa shape index (κ3) is 5.99. The second-order valence-electron chi connectivity index (χ2n) is 8.96. The lowest BCUT2D eigenvalue weighted by molar-refractivity contribution is -0.120. The molecule has 7 heteroatoms. The van der Waals surface area contributed by atoms with Crippen molar-refractivity contribution in [2.45, 2.75) is 44.0 Å². The molecule has 0 fully saturated rings. The molecule has 33 heavy (non-hydrogen) atoms. The Morgan fingerprint density at radius 2 is 1.52 bits per heavy atom. The van der Waals surface area contributed by atoms with Crippen molar-refractivity contribution in [3.8, 4) is 0 Å². The van der Waals surface area contributed by atoms with E-state index < -0.39 is 28.3 Å². The molecule has 0 radical (unpaired) electrons. The number of nitrogens with zero attached hydrogens (tertiary/aromatic N) is 1. The highest BCUT2D eigenvalue weighted by atomic mass is 32.2. The number of anilines is 1. The fourth-order valence-corrected chi connectivity index (χ4v) is 4.84. The quantitative estimate of drug-likeness (QED) is 0.519. The standard InChI is InChI=1S/C26H29FN2O3S/c1-19(20-10-12-21(13-11-20)26(2,3)4)28-25(30)18-29(23-8-6-5-7-9-23)33(31,32)24-16-14-22(27)15-17-24/h5-17,19H,18H2,1-4H3,(H,28,30). The average Bonchev–Trinajstić information content (AvgIpc) is 2.77. The summed E-state index contributed by atoms with van der Waals surface area (Å²) in [6.07, 6.45) is 0. The summed E-state index contributed by atoms with van der Waals surface area (Å²) in [5.41, 5.74) is 2.48. The molecule has 1 N–H and O–H groups in total. The van der Waals surface area contributed by atoms with E-state index in [2.05, 4.69) is 26.1 Å². The van der Waals surface area contributed by atoms with Crippen molar-refractivity contribution in [3.05, 3.63) is 95.8 Å². The van der Waals surface area contributed by atoms with Gasteiger partial charge in [0.2, 0.25) is 5.91 Å². The molecule has 1 unspecified atom stereocenters. The maximum absolute atomic E-state index is 13.3. The Hall–Kier alpha value is -3.19. The van der Waals surface area contributed by atoms with Gasteiger partial charge < -0.3 is 5.32 Å². The van der Waals surface area contributed by atoms with Gasteiger partial charge in [0, 0.05) is 0 Å². The van der Waals surface area contributed by atoms with Crippen LogP contribution in [0.1, 0.15) is 44.9 Å². The number of halogens is 1. The largest absolute Gasteiger partial charge is 0.348 e. The van der Waals surface area contributed by atoms with Gasteiger partial charge in [-0.1, -0.05) is 63.2 Å². The van der Waals surface area contributed by atoms with Crippen LogP contribution in [0.2, 0.25) is 0 Å². The minimum Gasteiger partial charge on any atom is -0.348 e. The van der Waals surface area contributed by atoms with Crippen LogP contribution in [0.25, 0.3) is 0 Å². The summed E-state index contributed by atoms with van der Waals surface area (Å²) >= 11 is 0. The molecule has 174 valence electrons. The van der Waals surface area contributed by atoms with Gasteiger partial charge in [0.1, 0.15) is 12.4 Å². The Bertz CT molecular complexity index is 1190. The number of carbonyl (C=O) groups excluding carboxylic acids is 1. The smallest absolute Gasteiger partial charge is 0.264 e. The number of hydrogen-bond acceptors (Lipinski definition) is 3. The predicted octanol–water partition coefficient (Wildman–Crippen LogP) is 5.20. The predicted molar refractivity (Wildman–Crippen MR) is 129 cm³/mol. The number of carbonyl (C=O) groups is 1. The van der Waals surface area contributed by atoms with Gasteiger partial charge >= 0.3 is 0 Å². The van der Waals surface area contributed by atoms with Crippen LogP contribution >= 0.6 is 0 Å². The Kier molecular flexibility index (Phi) is 7.22. The van der Waals surface area contributed by atoms with Crippen LogP contribution in [0.5, 0.6) is 0 Å². The van der Waals surface area contributed by atoms with Gasteiger partial charge in [0.25, 0.3) is 10.0 Å². The zero-order valence-corrected chi connectivity index (χ0v) is 20.1. The molecule has 0 bridgehead atoms. The molecule has 0 saturated carbocycles. The van der Waals surface area contributed by atoms with Crippen molar-refractivity contribution in [2.24, 2.45) is 0 Å². The summed E-state index contributed by atoms with van der Waals surface area (Å²) < 4.78 is 40.9. The van der Waals surface area contributed by atoms with Crippen LogP contribution in [-0.2, 0) is 20.2 Å². The highest BCUT2D eigenvalue weighted by Gasteiger charge is 2.27. The number of sulfonamides is 1. The number of nitrogens with one attached hydrogen (secondary N) is 1. The number of amides is 1. The highest BCUT2D eigenvalue weighted by molar-refractivity contribution is 7.92. The number of benzene rings is 3. The van der Waals surface area contributed by atoms with E-state index in [0.29, 0.717) is 5.69 Å². The van der Waals surface area contributed by atoms with Crippen LogP contribution in [0.3, 0.4) is 0 Å². The lowest BCUT2D eigenvalue weighted by Crippen LogP contribution is -2.41. The van der Waals surface area contributed by atoms with Crippen LogP contribution in [-0.4, -0.2) is 20.9 Å². The second-order valence-corrected chi connectivity index (χ2v) is 10.8. The van der Waals surface area contributed by atoms with E-state index >= 15 is 0 Å². The molecule has 0 saturated heterocycles. The fraction of sp³-hybridized carbons (Fsp3) is 0.269. The van der Waals surface area contributed by atoms with E-state index in [0.717, 1.165) is 22.0 Å². The maximum Gasteiger partial charge on any atom is 0.264 e. The van der Waals surface area contributed by atoms with Crippen LogP contribution in [0.4, 0.5) is 10.1 Å². The summed E-state index contributed by atoms with van der Waals surface area (Å²) in [5, 5.41) is 2.88. The molecular formula is C26H29FN2O3S. The first-order chi connectivity index (χ1) is 15.5. The Morgan fingerprint density at radius 3 is 2.06 bits per heavy atom. The second kappa shape index (κ2) is 9.75. The molecule has 3 aromatic rings. The first-order valence-electron chi connectivity index (χ1n) is 10.7. The van der Waals surface area contributed by atoms with Gasteiger partial charge in [-0.3, -0.25) is 9.10 Å². The number of rotatable bonds is 7. The minimum atomic E-state index is -4.08. The monoisotopic (exact) mass is 468 g/mol. The van der Waals surface area contributed by atoms with E-state index in [-0.39, 0.29) is 16.4 Å². The number of para-hydroxylation sites is 1. The van der Waals surface area contributed by atoms with Crippen LogP contribution in [0, 0.1) is 5.82 Å². The van der Waals surface area contributed by atoms with E-state index in [1.165, 1.54) is 17.7 Å². The Labute approximate surface area is 195 Å². The van der Waals surface area contributed by atoms with Gasteiger partial charge in [-0.2, -0.15) is 0 Å². The molecular weight excluding hydrogens is 439 g/mol. The zero-order chi connectivity index (χ0) is 24.2. The molecule has 0 heterocycles. The maximum atomic E-state index is 13.3. The molecule has 0 aliphatic carbocycles.